The first kappa shape index (κ1) is 9.61. The highest BCUT2D eigenvalue weighted by atomic mass is 16.4. The fourth-order valence-corrected chi connectivity index (χ4v) is 0.476. The van der Waals surface area contributed by atoms with Crippen molar-refractivity contribution >= 4 is 17.4 Å². The van der Waals surface area contributed by atoms with Crippen LogP contribution in [0.4, 0.5) is 0 Å². The Balaban J connectivity index is 4.55. The van der Waals surface area contributed by atoms with Crippen LogP contribution in [0.5, 0.6) is 0 Å². The molecule has 0 aromatic rings. The number of amides is 1. The van der Waals surface area contributed by atoms with E-state index in [-0.39, 0.29) is 0 Å². The summed E-state index contributed by atoms with van der Waals surface area (Å²) in [6.07, 6.45) is 0. The van der Waals surface area contributed by atoms with Crippen LogP contribution in [0.2, 0.25) is 0 Å². The molecule has 0 unspecified atom stereocenters. The Hall–Kier alpha value is -1.39. The van der Waals surface area contributed by atoms with E-state index in [1.54, 1.807) is 0 Å². The molecule has 0 heterocycles. The molecule has 0 bridgehead atoms. The molecule has 0 saturated carbocycles. The van der Waals surface area contributed by atoms with Crippen LogP contribution < -0.4 is 0 Å². The first-order valence-electron chi connectivity index (χ1n) is 2.95. The summed E-state index contributed by atoms with van der Waals surface area (Å²) in [4.78, 5) is 22.7. The minimum Gasteiger partial charge on any atom is -0.410 e. The Labute approximate surface area is 64.3 Å². The number of hydrogen-bond acceptors (Lipinski definition) is 4. The van der Waals surface area contributed by atoms with Crippen LogP contribution in [0.25, 0.3) is 0 Å². The molecule has 0 radical (unpaired) electrons. The van der Waals surface area contributed by atoms with E-state index in [2.05, 4.69) is 5.16 Å². The predicted octanol–water partition coefficient (Wildman–Crippen LogP) is -0.506. The molecule has 62 valence electrons. The summed E-state index contributed by atoms with van der Waals surface area (Å²) >= 11 is 0. The van der Waals surface area contributed by atoms with Crippen LogP contribution in [0.15, 0.2) is 5.16 Å². The van der Waals surface area contributed by atoms with Crippen LogP contribution in [-0.4, -0.2) is 41.6 Å². The van der Waals surface area contributed by atoms with Gasteiger partial charge in [0.1, 0.15) is 0 Å². The second-order valence-corrected chi connectivity index (χ2v) is 2.20. The number of carbonyl (C=O) groups excluding carboxylic acids is 2. The van der Waals surface area contributed by atoms with Crippen LogP contribution >= 0.6 is 0 Å². The summed E-state index contributed by atoms with van der Waals surface area (Å²) in [7, 11) is 2.94. The van der Waals surface area contributed by atoms with Crippen LogP contribution in [0, 0.1) is 0 Å². The maximum Gasteiger partial charge on any atom is 0.279 e. The Morgan fingerprint density at radius 1 is 1.36 bits per heavy atom. The van der Waals surface area contributed by atoms with Crippen molar-refractivity contribution in [3.63, 3.8) is 0 Å². The third-order valence-electron chi connectivity index (χ3n) is 1.04. The van der Waals surface area contributed by atoms with Gasteiger partial charge in [-0.25, -0.2) is 0 Å². The summed E-state index contributed by atoms with van der Waals surface area (Å²) in [5, 5.41) is 10.8. The maximum atomic E-state index is 10.9. The van der Waals surface area contributed by atoms with Crippen molar-refractivity contribution in [2.24, 2.45) is 5.16 Å². The highest BCUT2D eigenvalue weighted by molar-refractivity contribution is 6.64. The second-order valence-electron chi connectivity index (χ2n) is 2.20. The molecular formula is C6H10N2O3. The van der Waals surface area contributed by atoms with E-state index >= 15 is 0 Å². The molecule has 0 rings (SSSR count). The molecule has 5 nitrogen and oxygen atoms in total. The van der Waals surface area contributed by atoms with Gasteiger partial charge in [0.15, 0.2) is 5.78 Å². The van der Waals surface area contributed by atoms with Crippen molar-refractivity contribution in [2.75, 3.05) is 14.1 Å². The van der Waals surface area contributed by atoms with Gasteiger partial charge < -0.3 is 10.1 Å². The number of hydrogen-bond donors (Lipinski definition) is 1. The zero-order chi connectivity index (χ0) is 9.02. The molecule has 1 amide bonds. The zero-order valence-corrected chi connectivity index (χ0v) is 6.66. The normalized spacial score (nSPS) is 11.0. The first-order chi connectivity index (χ1) is 5.00. The number of nitrogens with zero attached hydrogens (tertiary/aromatic N) is 2. The quantitative estimate of drug-likeness (QED) is 0.255. The van der Waals surface area contributed by atoms with E-state index in [9.17, 15) is 9.59 Å². The van der Waals surface area contributed by atoms with E-state index in [1.807, 2.05) is 0 Å². The van der Waals surface area contributed by atoms with Crippen molar-refractivity contribution < 1.29 is 14.8 Å². The molecule has 0 aliphatic carbocycles. The molecule has 0 aliphatic rings. The van der Waals surface area contributed by atoms with E-state index in [4.69, 9.17) is 5.21 Å². The molecule has 0 spiro atoms. The first-order valence-corrected chi connectivity index (χ1v) is 2.95. The summed E-state index contributed by atoms with van der Waals surface area (Å²) in [5.74, 6) is -1.15. The average molecular weight is 158 g/mol. The van der Waals surface area contributed by atoms with Crippen molar-refractivity contribution in [3.8, 4) is 0 Å². The third-order valence-corrected chi connectivity index (χ3v) is 1.04. The Kier molecular flexibility index (Phi) is 3.23. The fraction of sp³-hybridized carbons (Fsp3) is 0.500. The van der Waals surface area contributed by atoms with Gasteiger partial charge in [-0.05, 0) is 0 Å². The van der Waals surface area contributed by atoms with E-state index in [0.29, 0.717) is 0 Å². The fourth-order valence-electron chi connectivity index (χ4n) is 0.476. The summed E-state index contributed by atoms with van der Waals surface area (Å²) in [6.45, 7) is 1.16. The van der Waals surface area contributed by atoms with Crippen molar-refractivity contribution in [1.82, 2.24) is 4.90 Å². The number of carbonyl (C=O) groups is 2. The lowest BCUT2D eigenvalue weighted by Gasteiger charge is -2.08. The number of ketones is 1. The van der Waals surface area contributed by atoms with Crippen molar-refractivity contribution in [1.29, 1.82) is 0 Å². The monoisotopic (exact) mass is 158 g/mol. The van der Waals surface area contributed by atoms with E-state index in [1.165, 1.54) is 14.1 Å². The molecule has 0 fully saturated rings. The largest absolute Gasteiger partial charge is 0.410 e. The van der Waals surface area contributed by atoms with Crippen LogP contribution in [-0.2, 0) is 9.59 Å². The van der Waals surface area contributed by atoms with Gasteiger partial charge in [-0.1, -0.05) is 5.16 Å². The van der Waals surface area contributed by atoms with Crippen molar-refractivity contribution in [3.05, 3.63) is 0 Å². The molecule has 0 saturated heterocycles. The smallest absolute Gasteiger partial charge is 0.279 e. The standard InChI is InChI=1S/C6H10N2O3/c1-4(9)5(7-11)6(10)8(2)3/h11H,1-3H3/b7-5-. The molecule has 0 aliphatic heterocycles. The molecule has 0 atom stereocenters. The Morgan fingerprint density at radius 3 is 1.91 bits per heavy atom. The highest BCUT2D eigenvalue weighted by Gasteiger charge is 2.18. The van der Waals surface area contributed by atoms with Gasteiger partial charge in [0.25, 0.3) is 5.91 Å². The van der Waals surface area contributed by atoms with Gasteiger partial charge in [-0.2, -0.15) is 0 Å². The van der Waals surface area contributed by atoms with Crippen LogP contribution in [0.3, 0.4) is 0 Å². The van der Waals surface area contributed by atoms with Gasteiger partial charge >= 0.3 is 0 Å². The molecule has 5 heteroatoms. The minimum atomic E-state index is -0.597. The van der Waals surface area contributed by atoms with Crippen LogP contribution in [0.1, 0.15) is 6.92 Å². The lowest BCUT2D eigenvalue weighted by atomic mass is 10.2. The SMILES string of the molecule is CC(=O)/C(=N/O)C(=O)N(C)C. The van der Waals surface area contributed by atoms with Gasteiger partial charge in [0, 0.05) is 21.0 Å². The number of rotatable bonds is 2. The van der Waals surface area contributed by atoms with Crippen molar-refractivity contribution in [2.45, 2.75) is 6.92 Å². The Bertz CT molecular complexity index is 208. The molecular weight excluding hydrogens is 148 g/mol. The third kappa shape index (κ3) is 2.37. The molecule has 1 N–H and O–H groups in total. The second kappa shape index (κ2) is 3.70. The lowest BCUT2D eigenvalue weighted by Crippen LogP contribution is -2.33. The van der Waals surface area contributed by atoms with E-state index < -0.39 is 17.4 Å². The summed E-state index contributed by atoms with van der Waals surface area (Å²) in [6, 6.07) is 0. The summed E-state index contributed by atoms with van der Waals surface area (Å²) < 4.78 is 0. The highest BCUT2D eigenvalue weighted by Crippen LogP contribution is 1.86. The Morgan fingerprint density at radius 2 is 1.82 bits per heavy atom. The van der Waals surface area contributed by atoms with Gasteiger partial charge in [0.2, 0.25) is 5.71 Å². The molecule has 11 heavy (non-hydrogen) atoms. The predicted molar refractivity (Wildman–Crippen MR) is 38.6 cm³/mol. The molecule has 0 aromatic carbocycles. The lowest BCUT2D eigenvalue weighted by molar-refractivity contribution is -0.123. The maximum absolute atomic E-state index is 10.9. The van der Waals surface area contributed by atoms with E-state index in [0.717, 1.165) is 11.8 Å². The number of oxime groups is 1. The summed E-state index contributed by atoms with van der Waals surface area (Å²) in [5.41, 5.74) is -0.449. The zero-order valence-electron chi connectivity index (χ0n) is 6.66. The topological polar surface area (TPSA) is 70.0 Å². The average Bonchev–Trinajstić information content (AvgIpc) is 1.88. The van der Waals surface area contributed by atoms with Gasteiger partial charge in [-0.3, -0.25) is 9.59 Å². The molecule has 0 aromatic heterocycles. The number of Topliss-reactive ketones (excluding diaryl/α,β-unsaturated/α-hetero) is 1. The van der Waals surface area contributed by atoms with Gasteiger partial charge in [-0.15, -0.1) is 0 Å². The minimum absolute atomic E-state index is 0.449. The van der Waals surface area contributed by atoms with Gasteiger partial charge in [0.05, 0.1) is 0 Å².